The fourth-order valence-electron chi connectivity index (χ4n) is 1.36. The van der Waals surface area contributed by atoms with Gasteiger partial charge >= 0.3 is 0 Å². The van der Waals surface area contributed by atoms with Crippen molar-refractivity contribution in [3.63, 3.8) is 0 Å². The number of nitrogens with zero attached hydrogens (tertiary/aromatic N) is 3. The smallest absolute Gasteiger partial charge is 0.175 e. The molecule has 74 valence electrons. The maximum atomic E-state index is 5.97. The molecule has 3 nitrogen and oxygen atoms in total. The Morgan fingerprint density at radius 2 is 2.00 bits per heavy atom. The summed E-state index contributed by atoms with van der Waals surface area (Å²) in [6, 6.07) is 0. The lowest BCUT2D eigenvalue weighted by molar-refractivity contribution is 0.476. The van der Waals surface area contributed by atoms with Gasteiger partial charge in [-0.1, -0.05) is 44.5 Å². The van der Waals surface area contributed by atoms with E-state index in [0.717, 1.165) is 18.7 Å². The van der Waals surface area contributed by atoms with Crippen LogP contribution in [-0.2, 0) is 12.0 Å². The van der Waals surface area contributed by atoms with Crippen LogP contribution in [-0.4, -0.2) is 15.0 Å². The fraction of sp³-hybridized carbons (Fsp3) is 0.778. The molecule has 0 aliphatic rings. The number of aryl methyl sites for hydroxylation is 1. The molecule has 0 unspecified atom stereocenters. The van der Waals surface area contributed by atoms with Crippen molar-refractivity contribution in [1.29, 1.82) is 0 Å². The summed E-state index contributed by atoms with van der Waals surface area (Å²) in [5.41, 5.74) is 1.03. The van der Waals surface area contributed by atoms with Crippen LogP contribution in [0.3, 0.4) is 0 Å². The first-order valence-electron chi connectivity index (χ1n) is 4.56. The van der Waals surface area contributed by atoms with Crippen molar-refractivity contribution in [2.45, 2.75) is 46.1 Å². The van der Waals surface area contributed by atoms with E-state index in [4.69, 9.17) is 11.6 Å². The molecule has 0 spiro atoms. The van der Waals surface area contributed by atoms with E-state index in [1.165, 1.54) is 0 Å². The number of hydrogen-bond donors (Lipinski definition) is 0. The lowest BCUT2D eigenvalue weighted by Crippen LogP contribution is -2.18. The van der Waals surface area contributed by atoms with Gasteiger partial charge in [0.15, 0.2) is 5.15 Å². The quantitative estimate of drug-likeness (QED) is 0.737. The van der Waals surface area contributed by atoms with Gasteiger partial charge in [0, 0.05) is 12.0 Å². The SMILES string of the molecule is CCCn1nnc(Cl)c1C(C)(C)C. The van der Waals surface area contributed by atoms with Crippen molar-refractivity contribution in [2.24, 2.45) is 0 Å². The molecule has 1 rings (SSSR count). The van der Waals surface area contributed by atoms with E-state index in [0.29, 0.717) is 5.15 Å². The summed E-state index contributed by atoms with van der Waals surface area (Å²) in [4.78, 5) is 0. The maximum Gasteiger partial charge on any atom is 0.175 e. The van der Waals surface area contributed by atoms with Gasteiger partial charge in [0.2, 0.25) is 0 Å². The first-order valence-corrected chi connectivity index (χ1v) is 4.94. The molecule has 0 aromatic carbocycles. The highest BCUT2D eigenvalue weighted by Gasteiger charge is 2.23. The second kappa shape index (κ2) is 3.66. The first-order chi connectivity index (χ1) is 5.96. The van der Waals surface area contributed by atoms with Crippen molar-refractivity contribution in [2.75, 3.05) is 0 Å². The van der Waals surface area contributed by atoms with E-state index in [9.17, 15) is 0 Å². The molecule has 0 aliphatic heterocycles. The van der Waals surface area contributed by atoms with Gasteiger partial charge in [0.25, 0.3) is 0 Å². The normalized spacial score (nSPS) is 12.1. The molecule has 0 saturated heterocycles. The molecule has 0 saturated carbocycles. The van der Waals surface area contributed by atoms with Crippen LogP contribution in [0.4, 0.5) is 0 Å². The van der Waals surface area contributed by atoms with Gasteiger partial charge in [-0.05, 0) is 6.42 Å². The predicted octanol–water partition coefficient (Wildman–Crippen LogP) is 2.64. The lowest BCUT2D eigenvalue weighted by atomic mass is 9.92. The Kier molecular flexibility index (Phi) is 2.96. The van der Waals surface area contributed by atoms with Crippen molar-refractivity contribution in [3.05, 3.63) is 10.8 Å². The Morgan fingerprint density at radius 1 is 1.38 bits per heavy atom. The molecule has 1 heterocycles. The van der Waals surface area contributed by atoms with E-state index in [2.05, 4.69) is 38.0 Å². The Labute approximate surface area is 84.1 Å². The van der Waals surface area contributed by atoms with Crippen LogP contribution in [0.25, 0.3) is 0 Å². The Morgan fingerprint density at radius 3 is 2.46 bits per heavy atom. The third kappa shape index (κ3) is 2.21. The predicted molar refractivity (Wildman–Crippen MR) is 54.0 cm³/mol. The molecule has 0 N–H and O–H groups in total. The average Bonchev–Trinajstić information content (AvgIpc) is 2.31. The monoisotopic (exact) mass is 201 g/mol. The van der Waals surface area contributed by atoms with Crippen LogP contribution in [0.15, 0.2) is 0 Å². The molecular weight excluding hydrogens is 186 g/mol. The van der Waals surface area contributed by atoms with Crippen molar-refractivity contribution < 1.29 is 0 Å². The zero-order valence-corrected chi connectivity index (χ0v) is 9.39. The highest BCUT2D eigenvalue weighted by atomic mass is 35.5. The number of hydrogen-bond acceptors (Lipinski definition) is 2. The summed E-state index contributed by atoms with van der Waals surface area (Å²) in [6.07, 6.45) is 1.04. The van der Waals surface area contributed by atoms with E-state index < -0.39 is 0 Å². The Bertz CT molecular complexity index is 286. The van der Waals surface area contributed by atoms with E-state index in [1.807, 2.05) is 4.68 Å². The highest BCUT2D eigenvalue weighted by Crippen LogP contribution is 2.27. The molecule has 1 aromatic rings. The Balaban J connectivity index is 3.09. The van der Waals surface area contributed by atoms with E-state index >= 15 is 0 Å². The van der Waals surface area contributed by atoms with Gasteiger partial charge in [0.05, 0.1) is 5.69 Å². The average molecular weight is 202 g/mol. The summed E-state index contributed by atoms with van der Waals surface area (Å²) < 4.78 is 1.89. The summed E-state index contributed by atoms with van der Waals surface area (Å²) in [7, 11) is 0. The number of rotatable bonds is 2. The van der Waals surface area contributed by atoms with Gasteiger partial charge in [-0.3, -0.25) is 0 Å². The summed E-state index contributed by atoms with van der Waals surface area (Å²) in [6.45, 7) is 9.34. The third-order valence-corrected chi connectivity index (χ3v) is 2.09. The van der Waals surface area contributed by atoms with Crippen molar-refractivity contribution >= 4 is 11.6 Å². The minimum absolute atomic E-state index is 0.00968. The third-order valence-electron chi connectivity index (χ3n) is 1.84. The number of halogens is 1. The second-order valence-electron chi connectivity index (χ2n) is 4.20. The minimum atomic E-state index is 0.00968. The molecule has 0 atom stereocenters. The lowest BCUT2D eigenvalue weighted by Gasteiger charge is -2.19. The van der Waals surface area contributed by atoms with Crippen LogP contribution < -0.4 is 0 Å². The van der Waals surface area contributed by atoms with Crippen LogP contribution >= 0.6 is 11.6 Å². The zero-order valence-electron chi connectivity index (χ0n) is 8.63. The zero-order chi connectivity index (χ0) is 10.1. The van der Waals surface area contributed by atoms with Gasteiger partial charge in [-0.15, -0.1) is 5.10 Å². The molecule has 1 aromatic heterocycles. The van der Waals surface area contributed by atoms with Crippen molar-refractivity contribution in [3.8, 4) is 0 Å². The molecule has 0 aliphatic carbocycles. The van der Waals surface area contributed by atoms with Crippen LogP contribution in [0.5, 0.6) is 0 Å². The van der Waals surface area contributed by atoms with Gasteiger partial charge in [-0.2, -0.15) is 0 Å². The van der Waals surface area contributed by atoms with Crippen LogP contribution in [0.1, 0.15) is 39.8 Å². The minimum Gasteiger partial charge on any atom is -0.247 e. The topological polar surface area (TPSA) is 30.7 Å². The second-order valence-corrected chi connectivity index (χ2v) is 4.56. The fourth-order valence-corrected chi connectivity index (χ4v) is 1.77. The first kappa shape index (κ1) is 10.5. The maximum absolute atomic E-state index is 5.97. The summed E-state index contributed by atoms with van der Waals surface area (Å²) in [5, 5.41) is 8.42. The molecule has 4 heteroatoms. The highest BCUT2D eigenvalue weighted by molar-refractivity contribution is 6.30. The largest absolute Gasteiger partial charge is 0.247 e. The van der Waals surface area contributed by atoms with E-state index in [-0.39, 0.29) is 5.41 Å². The van der Waals surface area contributed by atoms with Crippen LogP contribution in [0, 0.1) is 0 Å². The molecule has 0 amide bonds. The van der Waals surface area contributed by atoms with Gasteiger partial charge < -0.3 is 0 Å². The van der Waals surface area contributed by atoms with Crippen LogP contribution in [0.2, 0.25) is 5.15 Å². The molecule has 0 fully saturated rings. The molecular formula is C9H16ClN3. The van der Waals surface area contributed by atoms with E-state index in [1.54, 1.807) is 0 Å². The van der Waals surface area contributed by atoms with Gasteiger partial charge in [0.1, 0.15) is 0 Å². The number of aromatic nitrogens is 3. The molecule has 13 heavy (non-hydrogen) atoms. The van der Waals surface area contributed by atoms with Gasteiger partial charge in [-0.25, -0.2) is 4.68 Å². The van der Waals surface area contributed by atoms with Crippen molar-refractivity contribution in [1.82, 2.24) is 15.0 Å². The summed E-state index contributed by atoms with van der Waals surface area (Å²) >= 11 is 5.97. The molecule has 0 radical (unpaired) electrons. The summed E-state index contributed by atoms with van der Waals surface area (Å²) in [5.74, 6) is 0. The standard InChI is InChI=1S/C9H16ClN3/c1-5-6-13-7(9(2,3)4)8(10)11-12-13/h5-6H2,1-4H3. The Hall–Kier alpha value is -0.570. The molecule has 0 bridgehead atoms.